The van der Waals surface area contributed by atoms with Gasteiger partial charge in [-0.3, -0.25) is 10.1 Å². The highest BCUT2D eigenvalue weighted by atomic mass is 16.6. The van der Waals surface area contributed by atoms with Crippen molar-refractivity contribution in [2.45, 2.75) is 26.1 Å². The first-order valence-electron chi connectivity index (χ1n) is 7.90. The molecular weight excluding hydrogens is 324 g/mol. The van der Waals surface area contributed by atoms with Crippen molar-refractivity contribution >= 4 is 5.69 Å². The largest absolute Gasteiger partial charge is 0.493 e. The molecule has 7 nitrogen and oxygen atoms in total. The third-order valence-corrected chi connectivity index (χ3v) is 3.70. The van der Waals surface area contributed by atoms with Gasteiger partial charge in [0, 0.05) is 24.7 Å². The van der Waals surface area contributed by atoms with E-state index in [1.54, 1.807) is 19.2 Å². The first kappa shape index (κ1) is 18.7. The average Bonchev–Trinajstić information content (AvgIpc) is 2.64. The summed E-state index contributed by atoms with van der Waals surface area (Å²) < 4.78 is 11.1. The van der Waals surface area contributed by atoms with Crippen LogP contribution in [0.25, 0.3) is 0 Å². The second kappa shape index (κ2) is 9.00. The van der Waals surface area contributed by atoms with Crippen LogP contribution in [0.4, 0.5) is 5.69 Å². The lowest BCUT2D eigenvalue weighted by Gasteiger charge is -2.14. The molecule has 0 aromatic heterocycles. The Bertz CT molecular complexity index is 703. The van der Waals surface area contributed by atoms with Crippen molar-refractivity contribution in [2.75, 3.05) is 13.7 Å². The standard InChI is InChI=1S/C18H22N2O5/c1-13(11-21)19-10-15-5-8-17(18(9-15)24-2)25-12-14-3-6-16(7-4-14)20(22)23/h3-9,13,19,21H,10-12H2,1-2H3/t13-/m1/s1. The molecule has 0 aliphatic rings. The van der Waals surface area contributed by atoms with Gasteiger partial charge < -0.3 is 19.9 Å². The lowest BCUT2D eigenvalue weighted by molar-refractivity contribution is -0.384. The third-order valence-electron chi connectivity index (χ3n) is 3.70. The van der Waals surface area contributed by atoms with Gasteiger partial charge in [-0.1, -0.05) is 6.07 Å². The van der Waals surface area contributed by atoms with Crippen LogP contribution in [0.2, 0.25) is 0 Å². The summed E-state index contributed by atoms with van der Waals surface area (Å²) in [5.41, 5.74) is 1.89. The fourth-order valence-electron chi connectivity index (χ4n) is 2.17. The van der Waals surface area contributed by atoms with Crippen LogP contribution in [0.3, 0.4) is 0 Å². The maximum Gasteiger partial charge on any atom is 0.269 e. The van der Waals surface area contributed by atoms with E-state index in [1.165, 1.54) is 12.1 Å². The maximum atomic E-state index is 10.7. The highest BCUT2D eigenvalue weighted by Gasteiger charge is 2.08. The molecule has 0 aliphatic carbocycles. The average molecular weight is 346 g/mol. The molecule has 0 saturated heterocycles. The number of benzene rings is 2. The number of hydrogen-bond donors (Lipinski definition) is 2. The summed E-state index contributed by atoms with van der Waals surface area (Å²) in [4.78, 5) is 10.2. The zero-order valence-electron chi connectivity index (χ0n) is 14.3. The van der Waals surface area contributed by atoms with Gasteiger partial charge in [0.25, 0.3) is 5.69 Å². The van der Waals surface area contributed by atoms with Gasteiger partial charge in [0.1, 0.15) is 6.61 Å². The van der Waals surface area contributed by atoms with Crippen molar-refractivity contribution in [3.63, 3.8) is 0 Å². The number of nitro benzene ring substituents is 1. The molecule has 0 fully saturated rings. The molecular formula is C18H22N2O5. The minimum Gasteiger partial charge on any atom is -0.493 e. The fraction of sp³-hybridized carbons (Fsp3) is 0.333. The van der Waals surface area contributed by atoms with Gasteiger partial charge >= 0.3 is 0 Å². The Balaban J connectivity index is 2.00. The van der Waals surface area contributed by atoms with Crippen LogP contribution in [-0.4, -0.2) is 29.8 Å². The molecule has 7 heteroatoms. The van der Waals surface area contributed by atoms with E-state index >= 15 is 0 Å². The van der Waals surface area contributed by atoms with Crippen molar-refractivity contribution in [3.8, 4) is 11.5 Å². The van der Waals surface area contributed by atoms with Gasteiger partial charge in [0.15, 0.2) is 11.5 Å². The van der Waals surface area contributed by atoms with Crippen LogP contribution in [0.15, 0.2) is 42.5 Å². The highest BCUT2D eigenvalue weighted by molar-refractivity contribution is 5.43. The SMILES string of the molecule is COc1cc(CN[C@H](C)CO)ccc1OCc1ccc([N+](=O)[O-])cc1. The number of ether oxygens (including phenoxy) is 2. The van der Waals surface area contributed by atoms with Crippen LogP contribution in [0.5, 0.6) is 11.5 Å². The summed E-state index contributed by atoms with van der Waals surface area (Å²) >= 11 is 0. The molecule has 0 unspecified atom stereocenters. The van der Waals surface area contributed by atoms with E-state index < -0.39 is 4.92 Å². The normalized spacial score (nSPS) is 11.8. The molecule has 2 N–H and O–H groups in total. The number of rotatable bonds is 9. The van der Waals surface area contributed by atoms with Crippen LogP contribution in [0.1, 0.15) is 18.1 Å². The monoisotopic (exact) mass is 346 g/mol. The molecule has 25 heavy (non-hydrogen) atoms. The van der Waals surface area contributed by atoms with Crippen molar-refractivity contribution < 1.29 is 19.5 Å². The molecule has 2 aromatic rings. The van der Waals surface area contributed by atoms with Crippen molar-refractivity contribution in [1.82, 2.24) is 5.32 Å². The van der Waals surface area contributed by atoms with E-state index in [9.17, 15) is 10.1 Å². The number of hydrogen-bond acceptors (Lipinski definition) is 6. The zero-order chi connectivity index (χ0) is 18.2. The lowest BCUT2D eigenvalue weighted by atomic mass is 10.2. The summed E-state index contributed by atoms with van der Waals surface area (Å²) in [5.74, 6) is 1.21. The molecule has 0 spiro atoms. The second-order valence-electron chi connectivity index (χ2n) is 5.66. The first-order chi connectivity index (χ1) is 12.0. The van der Waals surface area contributed by atoms with E-state index in [0.717, 1.165) is 11.1 Å². The Kier molecular flexibility index (Phi) is 6.73. The van der Waals surface area contributed by atoms with Gasteiger partial charge in [-0.05, 0) is 42.3 Å². The van der Waals surface area contributed by atoms with Gasteiger partial charge in [-0.25, -0.2) is 0 Å². The lowest BCUT2D eigenvalue weighted by Crippen LogP contribution is -2.28. The molecule has 0 bridgehead atoms. The number of aliphatic hydroxyl groups excluding tert-OH is 1. The minimum atomic E-state index is -0.432. The smallest absolute Gasteiger partial charge is 0.269 e. The molecule has 0 radical (unpaired) electrons. The molecule has 0 aliphatic heterocycles. The Labute approximate surface area is 146 Å². The van der Waals surface area contributed by atoms with Crippen molar-refractivity contribution in [3.05, 3.63) is 63.7 Å². The summed E-state index contributed by atoms with van der Waals surface area (Å²) in [6.07, 6.45) is 0. The van der Waals surface area contributed by atoms with Gasteiger partial charge in [-0.2, -0.15) is 0 Å². The van der Waals surface area contributed by atoms with Crippen LogP contribution in [0, 0.1) is 10.1 Å². The first-order valence-corrected chi connectivity index (χ1v) is 7.90. The van der Waals surface area contributed by atoms with Crippen LogP contribution >= 0.6 is 0 Å². The maximum absolute atomic E-state index is 10.7. The van der Waals surface area contributed by atoms with Crippen molar-refractivity contribution in [1.29, 1.82) is 0 Å². The van der Waals surface area contributed by atoms with Crippen LogP contribution in [-0.2, 0) is 13.2 Å². The van der Waals surface area contributed by atoms with E-state index in [2.05, 4.69) is 5.32 Å². The topological polar surface area (TPSA) is 93.9 Å². The van der Waals surface area contributed by atoms with Crippen molar-refractivity contribution in [2.24, 2.45) is 0 Å². The Hall–Kier alpha value is -2.64. The summed E-state index contributed by atoms with van der Waals surface area (Å²) in [6.45, 7) is 2.88. The third kappa shape index (κ3) is 5.44. The Morgan fingerprint density at radius 2 is 1.84 bits per heavy atom. The zero-order valence-corrected chi connectivity index (χ0v) is 14.3. The van der Waals surface area contributed by atoms with E-state index in [4.69, 9.17) is 14.6 Å². The molecule has 2 rings (SSSR count). The van der Waals surface area contributed by atoms with E-state index in [0.29, 0.717) is 18.0 Å². The minimum absolute atomic E-state index is 0.0176. The predicted octanol–water partition coefficient (Wildman–Crippen LogP) is 2.65. The number of nitrogens with one attached hydrogen (secondary N) is 1. The molecule has 2 aromatic carbocycles. The van der Waals surface area contributed by atoms with E-state index in [1.807, 2.05) is 25.1 Å². The molecule has 134 valence electrons. The summed E-state index contributed by atoms with van der Waals surface area (Å²) in [6, 6.07) is 11.9. The fourth-order valence-corrected chi connectivity index (χ4v) is 2.17. The number of non-ortho nitro benzene ring substituents is 1. The van der Waals surface area contributed by atoms with Gasteiger partial charge in [-0.15, -0.1) is 0 Å². The Morgan fingerprint density at radius 3 is 2.44 bits per heavy atom. The van der Waals surface area contributed by atoms with E-state index in [-0.39, 0.29) is 24.9 Å². The van der Waals surface area contributed by atoms with Gasteiger partial charge in [0.2, 0.25) is 0 Å². The number of methoxy groups -OCH3 is 1. The summed E-state index contributed by atoms with van der Waals surface area (Å²) in [5, 5.41) is 22.9. The molecule has 1 atom stereocenters. The van der Waals surface area contributed by atoms with Crippen LogP contribution < -0.4 is 14.8 Å². The Morgan fingerprint density at radius 1 is 1.16 bits per heavy atom. The number of nitro groups is 1. The number of aliphatic hydroxyl groups is 1. The number of nitrogens with zero attached hydrogens (tertiary/aromatic N) is 1. The van der Waals surface area contributed by atoms with Gasteiger partial charge in [0.05, 0.1) is 18.6 Å². The highest BCUT2D eigenvalue weighted by Crippen LogP contribution is 2.29. The quantitative estimate of drug-likeness (QED) is 0.535. The summed E-state index contributed by atoms with van der Waals surface area (Å²) in [7, 11) is 1.57. The predicted molar refractivity (Wildman–Crippen MR) is 93.8 cm³/mol. The molecule has 0 amide bonds. The second-order valence-corrected chi connectivity index (χ2v) is 5.66. The molecule has 0 saturated carbocycles. The molecule has 0 heterocycles.